The average molecular weight is 260 g/mol. The summed E-state index contributed by atoms with van der Waals surface area (Å²) in [5.41, 5.74) is 0. The van der Waals surface area contributed by atoms with Crippen LogP contribution in [-0.4, -0.2) is 30.7 Å². The van der Waals surface area contributed by atoms with Gasteiger partial charge in [-0.2, -0.15) is 0 Å². The Balaban J connectivity index is 2.07. The topological polar surface area (TPSA) is 42.7 Å². The van der Waals surface area contributed by atoms with Gasteiger partial charge in [-0.1, -0.05) is 0 Å². The summed E-state index contributed by atoms with van der Waals surface area (Å²) in [6.07, 6.45) is 0.883. The van der Waals surface area contributed by atoms with E-state index in [0.717, 1.165) is 19.6 Å². The average Bonchev–Trinajstić information content (AvgIpc) is 2.65. The summed E-state index contributed by atoms with van der Waals surface area (Å²) >= 11 is 3.16. The van der Waals surface area contributed by atoms with Crippen LogP contribution in [0.25, 0.3) is 0 Å². The molecule has 0 saturated carbocycles. The molecule has 1 aromatic heterocycles. The molecule has 1 saturated heterocycles. The van der Waals surface area contributed by atoms with E-state index in [1.165, 1.54) is 0 Å². The Labute approximate surface area is 89.9 Å². The summed E-state index contributed by atoms with van der Waals surface area (Å²) in [4.78, 5) is 13.4. The molecular formula is C9H10BrNO3. The first-order valence-corrected chi connectivity index (χ1v) is 5.19. The minimum absolute atomic E-state index is 0.115. The molecule has 76 valence electrons. The van der Waals surface area contributed by atoms with Crippen molar-refractivity contribution in [1.82, 2.24) is 4.90 Å². The Kier molecular flexibility index (Phi) is 2.88. The van der Waals surface area contributed by atoms with Crippen LogP contribution < -0.4 is 0 Å². The molecule has 4 nitrogen and oxygen atoms in total. The number of halogens is 1. The molecule has 5 heteroatoms. The maximum absolute atomic E-state index is 11.7. The normalized spacial score (nSPS) is 17.1. The first kappa shape index (κ1) is 9.73. The van der Waals surface area contributed by atoms with E-state index in [4.69, 9.17) is 9.15 Å². The number of hydrogen-bond donors (Lipinski definition) is 0. The molecule has 0 spiro atoms. The quantitative estimate of drug-likeness (QED) is 0.774. The van der Waals surface area contributed by atoms with Crippen molar-refractivity contribution in [2.24, 2.45) is 0 Å². The van der Waals surface area contributed by atoms with Gasteiger partial charge in [-0.25, -0.2) is 0 Å². The Morgan fingerprint density at radius 1 is 1.50 bits per heavy atom. The van der Waals surface area contributed by atoms with Crippen LogP contribution in [0.1, 0.15) is 17.0 Å². The van der Waals surface area contributed by atoms with Gasteiger partial charge in [-0.05, 0) is 34.5 Å². The molecule has 0 atom stereocenters. The molecule has 0 bridgehead atoms. The highest BCUT2D eigenvalue weighted by Crippen LogP contribution is 2.16. The van der Waals surface area contributed by atoms with Crippen LogP contribution in [0, 0.1) is 0 Å². The third-order valence-electron chi connectivity index (χ3n) is 2.04. The van der Waals surface area contributed by atoms with Gasteiger partial charge in [0.1, 0.15) is 6.73 Å². The maximum atomic E-state index is 11.7. The van der Waals surface area contributed by atoms with E-state index in [1.54, 1.807) is 17.0 Å². The first-order chi connectivity index (χ1) is 6.77. The number of carbonyl (C=O) groups excluding carboxylic acids is 1. The van der Waals surface area contributed by atoms with E-state index in [-0.39, 0.29) is 5.91 Å². The van der Waals surface area contributed by atoms with Crippen molar-refractivity contribution in [2.45, 2.75) is 6.42 Å². The minimum atomic E-state index is -0.115. The lowest BCUT2D eigenvalue weighted by atomic mass is 10.3. The van der Waals surface area contributed by atoms with E-state index in [9.17, 15) is 4.79 Å². The van der Waals surface area contributed by atoms with Crippen molar-refractivity contribution in [1.29, 1.82) is 0 Å². The van der Waals surface area contributed by atoms with E-state index < -0.39 is 0 Å². The van der Waals surface area contributed by atoms with Crippen LogP contribution in [0.3, 0.4) is 0 Å². The summed E-state index contributed by atoms with van der Waals surface area (Å²) in [5.74, 6) is 0.234. The SMILES string of the molecule is O=C(c1ccc(Br)o1)N1CCCOC1. The van der Waals surface area contributed by atoms with Gasteiger partial charge < -0.3 is 14.1 Å². The molecule has 2 heterocycles. The zero-order valence-corrected chi connectivity index (χ0v) is 9.12. The number of nitrogens with zero attached hydrogens (tertiary/aromatic N) is 1. The van der Waals surface area contributed by atoms with Gasteiger partial charge in [0.15, 0.2) is 10.4 Å². The van der Waals surface area contributed by atoms with Crippen LogP contribution in [0.5, 0.6) is 0 Å². The summed E-state index contributed by atoms with van der Waals surface area (Å²) in [5, 5.41) is 0. The number of carbonyl (C=O) groups is 1. The van der Waals surface area contributed by atoms with Gasteiger partial charge in [0.25, 0.3) is 5.91 Å². The summed E-state index contributed by atoms with van der Waals surface area (Å²) in [6.45, 7) is 1.82. The van der Waals surface area contributed by atoms with E-state index >= 15 is 0 Å². The molecule has 2 rings (SSSR count). The van der Waals surface area contributed by atoms with Crippen LogP contribution in [-0.2, 0) is 4.74 Å². The lowest BCUT2D eigenvalue weighted by Crippen LogP contribution is -2.37. The number of furan rings is 1. The third kappa shape index (κ3) is 1.99. The highest BCUT2D eigenvalue weighted by atomic mass is 79.9. The Hall–Kier alpha value is -0.810. The van der Waals surface area contributed by atoms with Crippen LogP contribution in [0.4, 0.5) is 0 Å². The molecular weight excluding hydrogens is 250 g/mol. The van der Waals surface area contributed by atoms with Gasteiger partial charge in [0.2, 0.25) is 0 Å². The molecule has 1 fully saturated rings. The zero-order chi connectivity index (χ0) is 9.97. The van der Waals surface area contributed by atoms with E-state index in [0.29, 0.717) is 17.2 Å². The van der Waals surface area contributed by atoms with Crippen LogP contribution in [0.2, 0.25) is 0 Å². The van der Waals surface area contributed by atoms with Crippen molar-refractivity contribution >= 4 is 21.8 Å². The molecule has 0 N–H and O–H groups in total. The molecule has 1 aliphatic heterocycles. The highest BCUT2D eigenvalue weighted by molar-refractivity contribution is 9.10. The monoisotopic (exact) mass is 259 g/mol. The van der Waals surface area contributed by atoms with Gasteiger partial charge in [-0.3, -0.25) is 4.79 Å². The smallest absolute Gasteiger partial charge is 0.291 e. The van der Waals surface area contributed by atoms with Crippen molar-refractivity contribution in [2.75, 3.05) is 19.9 Å². The molecule has 0 aliphatic carbocycles. The second-order valence-electron chi connectivity index (χ2n) is 3.06. The molecule has 0 radical (unpaired) electrons. The fourth-order valence-electron chi connectivity index (χ4n) is 1.34. The van der Waals surface area contributed by atoms with Gasteiger partial charge in [0.05, 0.1) is 6.61 Å². The van der Waals surface area contributed by atoms with E-state index in [2.05, 4.69) is 15.9 Å². The Morgan fingerprint density at radius 3 is 2.93 bits per heavy atom. The van der Waals surface area contributed by atoms with Crippen molar-refractivity contribution in [3.63, 3.8) is 0 Å². The minimum Gasteiger partial charge on any atom is -0.444 e. The van der Waals surface area contributed by atoms with E-state index in [1.807, 2.05) is 0 Å². The van der Waals surface area contributed by atoms with Gasteiger partial charge in [0, 0.05) is 6.54 Å². The fraction of sp³-hybridized carbons (Fsp3) is 0.444. The highest BCUT2D eigenvalue weighted by Gasteiger charge is 2.20. The number of ether oxygens (including phenoxy) is 1. The van der Waals surface area contributed by atoms with Crippen LogP contribution in [0.15, 0.2) is 21.2 Å². The predicted molar refractivity (Wildman–Crippen MR) is 52.9 cm³/mol. The van der Waals surface area contributed by atoms with Crippen molar-refractivity contribution in [3.05, 3.63) is 22.6 Å². The second kappa shape index (κ2) is 4.14. The maximum Gasteiger partial charge on any atom is 0.291 e. The fourth-order valence-corrected chi connectivity index (χ4v) is 1.65. The molecule has 0 aromatic carbocycles. The van der Waals surface area contributed by atoms with Crippen LogP contribution >= 0.6 is 15.9 Å². The molecule has 0 unspecified atom stereocenters. The Bertz CT molecular complexity index is 331. The molecule has 1 aromatic rings. The van der Waals surface area contributed by atoms with Crippen molar-refractivity contribution in [3.8, 4) is 0 Å². The standard InChI is InChI=1S/C9H10BrNO3/c10-8-3-2-7(14-8)9(12)11-4-1-5-13-6-11/h2-3H,1,4-6H2. The number of hydrogen-bond acceptors (Lipinski definition) is 3. The van der Waals surface area contributed by atoms with Gasteiger partial charge >= 0.3 is 0 Å². The summed E-state index contributed by atoms with van der Waals surface area (Å²) in [7, 11) is 0. The summed E-state index contributed by atoms with van der Waals surface area (Å²) in [6, 6.07) is 3.36. The largest absolute Gasteiger partial charge is 0.444 e. The zero-order valence-electron chi connectivity index (χ0n) is 7.53. The summed E-state index contributed by atoms with van der Waals surface area (Å²) < 4.78 is 10.9. The Morgan fingerprint density at radius 2 is 2.36 bits per heavy atom. The molecule has 1 amide bonds. The second-order valence-corrected chi connectivity index (χ2v) is 3.84. The third-order valence-corrected chi connectivity index (χ3v) is 2.46. The van der Waals surface area contributed by atoms with Crippen molar-refractivity contribution < 1.29 is 13.9 Å². The predicted octanol–water partition coefficient (Wildman–Crippen LogP) is 1.86. The van der Waals surface area contributed by atoms with Gasteiger partial charge in [-0.15, -0.1) is 0 Å². The molecule has 14 heavy (non-hydrogen) atoms. The number of rotatable bonds is 1. The lowest BCUT2D eigenvalue weighted by molar-refractivity contribution is -0.00738. The first-order valence-electron chi connectivity index (χ1n) is 4.40. The lowest BCUT2D eigenvalue weighted by Gasteiger charge is -2.25. The number of amides is 1. The molecule has 1 aliphatic rings.